The van der Waals surface area contributed by atoms with E-state index in [2.05, 4.69) is 5.16 Å². The van der Waals surface area contributed by atoms with Gasteiger partial charge in [-0.25, -0.2) is 4.39 Å². The molecule has 2 nitrogen and oxygen atoms in total. The van der Waals surface area contributed by atoms with E-state index in [0.717, 1.165) is 0 Å². The van der Waals surface area contributed by atoms with E-state index in [-0.39, 0.29) is 17.3 Å². The largest absolute Gasteiger partial charge is 0.390 e. The number of hydrogen-bond acceptors (Lipinski definition) is 2. The van der Waals surface area contributed by atoms with E-state index in [1.165, 1.54) is 12.1 Å². The molecule has 0 saturated heterocycles. The number of nitrogens with zero attached hydrogens (tertiary/aromatic N) is 1. The molecule has 0 N–H and O–H groups in total. The minimum atomic E-state index is -0.365. The number of halogens is 3. The Morgan fingerprint density at radius 2 is 2.31 bits per heavy atom. The van der Waals surface area contributed by atoms with Crippen LogP contribution in [0, 0.1) is 5.82 Å². The molecule has 0 spiro atoms. The molecule has 0 amide bonds. The van der Waals surface area contributed by atoms with Crippen LogP contribution in [0.25, 0.3) is 0 Å². The first-order valence-corrected chi connectivity index (χ1v) is 5.71. The lowest BCUT2D eigenvalue weighted by atomic mass is 10.0. The highest BCUT2D eigenvalue weighted by molar-refractivity contribution is 6.34. The molecule has 0 radical (unpaired) electrons. The first-order chi connectivity index (χ1) is 7.58. The van der Waals surface area contributed by atoms with Crippen molar-refractivity contribution in [1.82, 2.24) is 0 Å². The molecule has 16 heavy (non-hydrogen) atoms. The molecule has 1 heterocycles. The van der Waals surface area contributed by atoms with Gasteiger partial charge in [0.25, 0.3) is 0 Å². The SMILES string of the molecule is CC(Cl)C1CC(c2ccc(F)cc2Cl)=NO1. The van der Waals surface area contributed by atoms with E-state index in [9.17, 15) is 4.39 Å². The third-order valence-corrected chi connectivity index (χ3v) is 3.04. The summed E-state index contributed by atoms with van der Waals surface area (Å²) >= 11 is 11.8. The molecule has 2 unspecified atom stereocenters. The molecule has 0 fully saturated rings. The van der Waals surface area contributed by atoms with Gasteiger partial charge in [0.05, 0.1) is 16.1 Å². The zero-order valence-electron chi connectivity index (χ0n) is 8.58. The van der Waals surface area contributed by atoms with Crippen molar-refractivity contribution in [3.8, 4) is 0 Å². The van der Waals surface area contributed by atoms with Crippen molar-refractivity contribution in [2.24, 2.45) is 5.16 Å². The monoisotopic (exact) mass is 261 g/mol. The highest BCUT2D eigenvalue weighted by Crippen LogP contribution is 2.26. The minimum Gasteiger partial charge on any atom is -0.390 e. The molecular formula is C11H10Cl2FNO. The topological polar surface area (TPSA) is 21.6 Å². The van der Waals surface area contributed by atoms with Crippen LogP contribution < -0.4 is 0 Å². The summed E-state index contributed by atoms with van der Waals surface area (Å²) in [7, 11) is 0. The average Bonchev–Trinajstić information content (AvgIpc) is 2.66. The van der Waals surface area contributed by atoms with Gasteiger partial charge < -0.3 is 4.84 Å². The lowest BCUT2D eigenvalue weighted by Crippen LogP contribution is -2.18. The zero-order chi connectivity index (χ0) is 11.7. The van der Waals surface area contributed by atoms with Crippen molar-refractivity contribution in [2.75, 3.05) is 0 Å². The van der Waals surface area contributed by atoms with Crippen LogP contribution in [0.5, 0.6) is 0 Å². The van der Waals surface area contributed by atoms with Gasteiger partial charge in [0, 0.05) is 12.0 Å². The molecule has 0 aliphatic carbocycles. The van der Waals surface area contributed by atoms with Crippen LogP contribution in [0.15, 0.2) is 23.4 Å². The molecular weight excluding hydrogens is 252 g/mol. The maximum Gasteiger partial charge on any atom is 0.149 e. The van der Waals surface area contributed by atoms with Crippen molar-refractivity contribution < 1.29 is 9.23 Å². The van der Waals surface area contributed by atoms with Crippen LogP contribution in [-0.2, 0) is 4.84 Å². The van der Waals surface area contributed by atoms with E-state index < -0.39 is 0 Å². The normalized spacial score (nSPS) is 21.5. The highest BCUT2D eigenvalue weighted by atomic mass is 35.5. The van der Waals surface area contributed by atoms with Gasteiger partial charge in [0.2, 0.25) is 0 Å². The molecule has 1 aliphatic heterocycles. The number of benzene rings is 1. The van der Waals surface area contributed by atoms with Crippen molar-refractivity contribution in [2.45, 2.75) is 24.8 Å². The van der Waals surface area contributed by atoms with Crippen LogP contribution in [0.3, 0.4) is 0 Å². The fourth-order valence-corrected chi connectivity index (χ4v) is 1.94. The highest BCUT2D eigenvalue weighted by Gasteiger charge is 2.27. The summed E-state index contributed by atoms with van der Waals surface area (Å²) in [6, 6.07) is 4.21. The Hall–Kier alpha value is -0.800. The molecule has 0 bridgehead atoms. The maximum atomic E-state index is 12.9. The first-order valence-electron chi connectivity index (χ1n) is 4.90. The van der Waals surface area contributed by atoms with Crippen molar-refractivity contribution in [3.05, 3.63) is 34.6 Å². The molecule has 5 heteroatoms. The Balaban J connectivity index is 2.21. The second-order valence-corrected chi connectivity index (χ2v) is 4.78. The maximum absolute atomic E-state index is 12.9. The Bertz CT molecular complexity index is 434. The first kappa shape index (κ1) is 11.7. The van der Waals surface area contributed by atoms with Crippen molar-refractivity contribution in [3.63, 3.8) is 0 Å². The number of rotatable bonds is 2. The molecule has 1 aromatic rings. The van der Waals surface area contributed by atoms with Gasteiger partial charge in [0.1, 0.15) is 11.9 Å². The Kier molecular flexibility index (Phi) is 3.36. The van der Waals surface area contributed by atoms with Crippen LogP contribution >= 0.6 is 23.2 Å². The van der Waals surface area contributed by atoms with Crippen LogP contribution in [0.1, 0.15) is 18.9 Å². The second-order valence-electron chi connectivity index (χ2n) is 3.69. The van der Waals surface area contributed by atoms with Crippen molar-refractivity contribution >= 4 is 28.9 Å². The Labute approximate surface area is 103 Å². The van der Waals surface area contributed by atoms with Gasteiger partial charge in [-0.15, -0.1) is 11.6 Å². The van der Waals surface area contributed by atoms with E-state index in [1.54, 1.807) is 6.07 Å². The van der Waals surface area contributed by atoms with Gasteiger partial charge >= 0.3 is 0 Å². The van der Waals surface area contributed by atoms with Gasteiger partial charge in [-0.2, -0.15) is 0 Å². The predicted molar refractivity (Wildman–Crippen MR) is 62.8 cm³/mol. The zero-order valence-corrected chi connectivity index (χ0v) is 10.1. The molecule has 86 valence electrons. The van der Waals surface area contributed by atoms with E-state index in [4.69, 9.17) is 28.0 Å². The molecule has 2 atom stereocenters. The lowest BCUT2D eigenvalue weighted by molar-refractivity contribution is 0.0855. The summed E-state index contributed by atoms with van der Waals surface area (Å²) in [5.41, 5.74) is 1.41. The smallest absolute Gasteiger partial charge is 0.149 e. The van der Waals surface area contributed by atoms with Gasteiger partial charge in [-0.1, -0.05) is 16.8 Å². The summed E-state index contributed by atoms with van der Waals surface area (Å²) in [4.78, 5) is 5.17. The molecule has 2 rings (SSSR count). The second kappa shape index (κ2) is 4.60. The molecule has 0 saturated carbocycles. The number of hydrogen-bond donors (Lipinski definition) is 0. The van der Waals surface area contributed by atoms with Crippen LogP contribution in [0.2, 0.25) is 5.02 Å². The summed E-state index contributed by atoms with van der Waals surface area (Å²) < 4.78 is 12.9. The van der Waals surface area contributed by atoms with Gasteiger partial charge in [-0.05, 0) is 25.1 Å². The van der Waals surface area contributed by atoms with Gasteiger partial charge in [-0.3, -0.25) is 0 Å². The quantitative estimate of drug-likeness (QED) is 0.746. The molecule has 1 aliphatic rings. The van der Waals surface area contributed by atoms with Crippen LogP contribution in [-0.4, -0.2) is 17.2 Å². The molecule has 0 aromatic heterocycles. The fraction of sp³-hybridized carbons (Fsp3) is 0.364. The standard InChI is InChI=1S/C11H10Cl2FNO/c1-6(12)11-5-10(15-16-11)8-3-2-7(14)4-9(8)13/h2-4,6,11H,5H2,1H3. The molecule has 1 aromatic carbocycles. The Morgan fingerprint density at radius 1 is 1.56 bits per heavy atom. The average molecular weight is 262 g/mol. The number of oxime groups is 1. The third-order valence-electron chi connectivity index (χ3n) is 2.45. The fourth-order valence-electron chi connectivity index (χ4n) is 1.53. The predicted octanol–water partition coefficient (Wildman–Crippen LogP) is 3.60. The minimum absolute atomic E-state index is 0.125. The lowest BCUT2D eigenvalue weighted by Gasteiger charge is -2.09. The van der Waals surface area contributed by atoms with Crippen LogP contribution in [0.4, 0.5) is 4.39 Å². The third kappa shape index (κ3) is 2.30. The Morgan fingerprint density at radius 3 is 2.88 bits per heavy atom. The van der Waals surface area contributed by atoms with E-state index in [1.807, 2.05) is 6.92 Å². The van der Waals surface area contributed by atoms with E-state index >= 15 is 0 Å². The summed E-state index contributed by atoms with van der Waals surface area (Å²) in [6.07, 6.45) is 0.452. The summed E-state index contributed by atoms with van der Waals surface area (Å²) in [5.74, 6) is -0.365. The van der Waals surface area contributed by atoms with Crippen molar-refractivity contribution in [1.29, 1.82) is 0 Å². The van der Waals surface area contributed by atoms with E-state index in [0.29, 0.717) is 22.7 Å². The summed E-state index contributed by atoms with van der Waals surface area (Å²) in [5, 5.41) is 4.14. The number of alkyl halides is 1. The van der Waals surface area contributed by atoms with Gasteiger partial charge in [0.15, 0.2) is 0 Å². The summed E-state index contributed by atoms with van der Waals surface area (Å²) in [6.45, 7) is 1.84.